The highest BCUT2D eigenvalue weighted by molar-refractivity contribution is 5.87. The molecule has 0 aliphatic carbocycles. The molecule has 39 heavy (non-hydrogen) atoms. The van der Waals surface area contributed by atoms with E-state index in [1.807, 2.05) is 36.4 Å². The standard InChI is InChI=1S/C34H34N2O3/c1-38-20-19-35-34(37)22-31(28-15-10-16-29(21-28)39-25-27-13-6-3-7-14-27)32-24-36(23-26-11-4-2-5-12-26)33-18-9-8-17-30(32)33/h2-18,21,24,31H,19-20,22-23,25H2,1H3,(H,35,37). The third-order valence-electron chi connectivity index (χ3n) is 6.92. The highest BCUT2D eigenvalue weighted by Crippen LogP contribution is 2.36. The summed E-state index contributed by atoms with van der Waals surface area (Å²) in [6, 6.07) is 37.2. The van der Waals surface area contributed by atoms with Crippen molar-refractivity contribution < 1.29 is 14.3 Å². The van der Waals surface area contributed by atoms with E-state index >= 15 is 0 Å². The number of carbonyl (C=O) groups is 1. The first-order chi connectivity index (χ1) is 19.2. The third kappa shape index (κ3) is 6.75. The molecule has 0 radical (unpaired) electrons. The van der Waals surface area contributed by atoms with Crippen LogP contribution in [0.5, 0.6) is 5.75 Å². The molecule has 0 saturated heterocycles. The number of methoxy groups -OCH3 is 1. The molecule has 0 aliphatic rings. The van der Waals surface area contributed by atoms with Gasteiger partial charge in [0.15, 0.2) is 0 Å². The number of para-hydroxylation sites is 1. The van der Waals surface area contributed by atoms with E-state index in [-0.39, 0.29) is 11.8 Å². The molecule has 0 aliphatic heterocycles. The van der Waals surface area contributed by atoms with Crippen LogP contribution in [0, 0.1) is 0 Å². The first kappa shape index (κ1) is 26.3. The van der Waals surface area contributed by atoms with E-state index in [1.54, 1.807) is 7.11 Å². The lowest BCUT2D eigenvalue weighted by molar-refractivity contribution is -0.121. The van der Waals surface area contributed by atoms with Crippen molar-refractivity contribution in [2.24, 2.45) is 0 Å². The summed E-state index contributed by atoms with van der Waals surface area (Å²) >= 11 is 0. The number of aromatic nitrogens is 1. The van der Waals surface area contributed by atoms with Gasteiger partial charge in [0.2, 0.25) is 5.91 Å². The molecule has 198 valence electrons. The van der Waals surface area contributed by atoms with Gasteiger partial charge in [-0.05, 0) is 40.5 Å². The van der Waals surface area contributed by atoms with Crippen molar-refractivity contribution in [3.8, 4) is 5.75 Å². The van der Waals surface area contributed by atoms with Gasteiger partial charge in [-0.3, -0.25) is 4.79 Å². The molecule has 0 bridgehead atoms. The number of nitrogens with one attached hydrogen (secondary N) is 1. The van der Waals surface area contributed by atoms with E-state index in [1.165, 1.54) is 5.56 Å². The second kappa shape index (κ2) is 12.9. The predicted octanol–water partition coefficient (Wildman–Crippen LogP) is 6.55. The first-order valence-corrected chi connectivity index (χ1v) is 13.4. The Morgan fingerprint density at radius 1 is 0.846 bits per heavy atom. The number of carbonyl (C=O) groups excluding carboxylic acids is 1. The summed E-state index contributed by atoms with van der Waals surface area (Å²) in [5, 5.41) is 4.16. The van der Waals surface area contributed by atoms with Gasteiger partial charge in [-0.15, -0.1) is 0 Å². The van der Waals surface area contributed by atoms with Crippen LogP contribution >= 0.6 is 0 Å². The number of fused-ring (bicyclic) bond motifs is 1. The molecule has 1 aromatic heterocycles. The molecule has 0 spiro atoms. The average Bonchev–Trinajstić information content (AvgIpc) is 3.34. The van der Waals surface area contributed by atoms with Crippen molar-refractivity contribution in [2.75, 3.05) is 20.3 Å². The van der Waals surface area contributed by atoms with Gasteiger partial charge in [-0.1, -0.05) is 91.0 Å². The molecule has 1 heterocycles. The fraction of sp³-hybridized carbons (Fsp3) is 0.206. The molecule has 5 nitrogen and oxygen atoms in total. The van der Waals surface area contributed by atoms with Gasteiger partial charge in [-0.2, -0.15) is 0 Å². The Bertz CT molecular complexity index is 1500. The molecular formula is C34H34N2O3. The number of hydrogen-bond acceptors (Lipinski definition) is 3. The number of benzene rings is 4. The van der Waals surface area contributed by atoms with Crippen molar-refractivity contribution in [2.45, 2.75) is 25.5 Å². The number of nitrogens with zero attached hydrogens (tertiary/aromatic N) is 1. The summed E-state index contributed by atoms with van der Waals surface area (Å²) in [5.74, 6) is 0.636. The normalized spacial score (nSPS) is 11.8. The van der Waals surface area contributed by atoms with Gasteiger partial charge in [-0.25, -0.2) is 0 Å². The Labute approximate surface area is 230 Å². The van der Waals surface area contributed by atoms with Crippen LogP contribution < -0.4 is 10.1 Å². The summed E-state index contributed by atoms with van der Waals surface area (Å²) in [5.41, 5.74) is 5.67. The van der Waals surface area contributed by atoms with Crippen molar-refractivity contribution >= 4 is 16.8 Å². The number of amides is 1. The molecule has 1 N–H and O–H groups in total. The second-order valence-electron chi connectivity index (χ2n) is 9.66. The lowest BCUT2D eigenvalue weighted by atomic mass is 9.88. The third-order valence-corrected chi connectivity index (χ3v) is 6.92. The number of ether oxygens (including phenoxy) is 2. The van der Waals surface area contributed by atoms with Crippen molar-refractivity contribution in [3.05, 3.63) is 138 Å². The van der Waals surface area contributed by atoms with E-state index in [9.17, 15) is 4.79 Å². The van der Waals surface area contributed by atoms with Crippen LogP contribution in [0.25, 0.3) is 10.9 Å². The van der Waals surface area contributed by atoms with E-state index < -0.39 is 0 Å². The first-order valence-electron chi connectivity index (χ1n) is 13.4. The van der Waals surface area contributed by atoms with Crippen LogP contribution in [0.2, 0.25) is 0 Å². The Morgan fingerprint density at radius 2 is 1.56 bits per heavy atom. The molecule has 1 unspecified atom stereocenters. The summed E-state index contributed by atoms with van der Waals surface area (Å²) in [7, 11) is 1.64. The summed E-state index contributed by atoms with van der Waals surface area (Å²) in [4.78, 5) is 13.1. The van der Waals surface area contributed by atoms with Gasteiger partial charge < -0.3 is 19.4 Å². The molecule has 1 atom stereocenters. The Hall–Kier alpha value is -4.35. The van der Waals surface area contributed by atoms with Crippen LogP contribution in [-0.4, -0.2) is 30.7 Å². The van der Waals surface area contributed by atoms with Gasteiger partial charge >= 0.3 is 0 Å². The van der Waals surface area contributed by atoms with Crippen LogP contribution in [0.15, 0.2) is 115 Å². The van der Waals surface area contributed by atoms with Crippen LogP contribution in [0.4, 0.5) is 0 Å². The van der Waals surface area contributed by atoms with Crippen molar-refractivity contribution in [1.29, 1.82) is 0 Å². The van der Waals surface area contributed by atoms with Crippen molar-refractivity contribution in [3.63, 3.8) is 0 Å². The van der Waals surface area contributed by atoms with E-state index in [2.05, 4.69) is 88.9 Å². The minimum atomic E-state index is -0.144. The van der Waals surface area contributed by atoms with Gasteiger partial charge in [0.05, 0.1) is 6.61 Å². The smallest absolute Gasteiger partial charge is 0.221 e. The number of rotatable bonds is 12. The Kier molecular flexibility index (Phi) is 8.71. The minimum absolute atomic E-state index is 0.00690. The van der Waals surface area contributed by atoms with Crippen molar-refractivity contribution in [1.82, 2.24) is 9.88 Å². The van der Waals surface area contributed by atoms with Gasteiger partial charge in [0, 0.05) is 49.6 Å². The second-order valence-corrected chi connectivity index (χ2v) is 9.66. The fourth-order valence-corrected chi connectivity index (χ4v) is 4.98. The Morgan fingerprint density at radius 3 is 2.33 bits per heavy atom. The highest BCUT2D eigenvalue weighted by atomic mass is 16.5. The summed E-state index contributed by atoms with van der Waals surface area (Å²) < 4.78 is 13.6. The summed E-state index contributed by atoms with van der Waals surface area (Å²) in [6.45, 7) is 2.21. The highest BCUT2D eigenvalue weighted by Gasteiger charge is 2.23. The van der Waals surface area contributed by atoms with E-state index in [0.717, 1.165) is 39.9 Å². The molecule has 5 heteroatoms. The van der Waals surface area contributed by atoms with Gasteiger partial charge in [0.25, 0.3) is 0 Å². The zero-order valence-corrected chi connectivity index (χ0v) is 22.3. The lowest BCUT2D eigenvalue weighted by Gasteiger charge is -2.18. The van der Waals surface area contributed by atoms with Gasteiger partial charge in [0.1, 0.15) is 12.4 Å². The number of hydrogen-bond donors (Lipinski definition) is 1. The molecule has 0 fully saturated rings. The minimum Gasteiger partial charge on any atom is -0.489 e. The average molecular weight is 519 g/mol. The molecule has 4 aromatic carbocycles. The Balaban J connectivity index is 1.49. The SMILES string of the molecule is COCCNC(=O)CC(c1cccc(OCc2ccccc2)c1)c1cn(Cc2ccccc2)c2ccccc12. The quantitative estimate of drug-likeness (QED) is 0.191. The van der Waals surface area contributed by atoms with Crippen LogP contribution in [-0.2, 0) is 22.7 Å². The maximum absolute atomic E-state index is 13.1. The lowest BCUT2D eigenvalue weighted by Crippen LogP contribution is -2.28. The van der Waals surface area contributed by atoms with Crippen LogP contribution in [0.1, 0.15) is 34.6 Å². The maximum Gasteiger partial charge on any atom is 0.221 e. The summed E-state index contributed by atoms with van der Waals surface area (Å²) in [6.07, 6.45) is 2.54. The zero-order valence-electron chi connectivity index (χ0n) is 22.3. The fourth-order valence-electron chi connectivity index (χ4n) is 4.98. The molecular weight excluding hydrogens is 484 g/mol. The maximum atomic E-state index is 13.1. The molecule has 5 aromatic rings. The largest absolute Gasteiger partial charge is 0.489 e. The molecule has 1 amide bonds. The molecule has 0 saturated carbocycles. The van der Waals surface area contributed by atoms with E-state index in [4.69, 9.17) is 9.47 Å². The van der Waals surface area contributed by atoms with E-state index in [0.29, 0.717) is 26.2 Å². The monoisotopic (exact) mass is 518 g/mol. The topological polar surface area (TPSA) is 52.5 Å². The zero-order chi connectivity index (χ0) is 26.9. The van der Waals surface area contributed by atoms with Crippen LogP contribution in [0.3, 0.4) is 0 Å². The molecule has 5 rings (SSSR count). The predicted molar refractivity (Wildman–Crippen MR) is 156 cm³/mol.